The first-order valence-corrected chi connectivity index (χ1v) is 13.2. The first-order chi connectivity index (χ1) is 17.6. The minimum Gasteiger partial charge on any atom is -0.347 e. The van der Waals surface area contributed by atoms with Crippen molar-refractivity contribution in [3.63, 3.8) is 0 Å². The zero-order valence-electron chi connectivity index (χ0n) is 20.1. The van der Waals surface area contributed by atoms with E-state index in [2.05, 4.69) is 23.4 Å². The van der Waals surface area contributed by atoms with E-state index in [1.165, 1.54) is 23.5 Å². The third kappa shape index (κ3) is 4.04. The molecule has 4 nitrogen and oxygen atoms in total. The van der Waals surface area contributed by atoms with Gasteiger partial charge in [0.05, 0.1) is 28.4 Å². The molecule has 3 aromatic rings. The van der Waals surface area contributed by atoms with E-state index in [-0.39, 0.29) is 12.2 Å². The maximum atomic E-state index is 14.1. The number of hydrogen-bond donors (Lipinski definition) is 1. The molecule has 4 atom stereocenters. The van der Waals surface area contributed by atoms with Crippen LogP contribution in [-0.4, -0.2) is 27.9 Å². The zero-order chi connectivity index (χ0) is 25.9. The van der Waals surface area contributed by atoms with Gasteiger partial charge in [0.15, 0.2) is 0 Å². The van der Waals surface area contributed by atoms with Crippen LogP contribution in [0.1, 0.15) is 47.1 Å². The predicted octanol–water partition coefficient (Wildman–Crippen LogP) is 6.74. The van der Waals surface area contributed by atoms with Gasteiger partial charge in [-0.05, 0) is 73.0 Å². The molecule has 1 N–H and O–H groups in total. The molecule has 2 aromatic heterocycles. The normalized spacial score (nSPS) is 26.9. The van der Waals surface area contributed by atoms with Crippen molar-refractivity contribution >= 4 is 23.3 Å². The van der Waals surface area contributed by atoms with Crippen LogP contribution in [0.15, 0.2) is 65.2 Å². The summed E-state index contributed by atoms with van der Waals surface area (Å²) >= 11 is 1.22. The summed E-state index contributed by atoms with van der Waals surface area (Å²) in [5.41, 5.74) is 4.34. The van der Waals surface area contributed by atoms with Gasteiger partial charge in [-0.25, -0.2) is 9.07 Å². The van der Waals surface area contributed by atoms with Gasteiger partial charge in [0.2, 0.25) is 0 Å². The SMILES string of the molecule is C[C@]12Cc3cnn(-c4ccc(F)cc4)c3C=C1CC[C@H]1C2=CC[C@@H](C(F)(F)F)[C@@H]1NC(=O)c1cccs1. The average molecular weight is 528 g/mol. The molecule has 0 spiro atoms. The van der Waals surface area contributed by atoms with Crippen molar-refractivity contribution in [2.45, 2.75) is 44.8 Å². The molecule has 1 amide bonds. The van der Waals surface area contributed by atoms with E-state index >= 15 is 0 Å². The predicted molar refractivity (Wildman–Crippen MR) is 134 cm³/mol. The fourth-order valence-corrected chi connectivity index (χ4v) is 7.03. The number of hydrogen-bond acceptors (Lipinski definition) is 3. The summed E-state index contributed by atoms with van der Waals surface area (Å²) < 4.78 is 57.6. The number of halogens is 4. The lowest BCUT2D eigenvalue weighted by atomic mass is 9.55. The number of thiophene rings is 1. The van der Waals surface area contributed by atoms with Gasteiger partial charge in [-0.1, -0.05) is 30.2 Å². The van der Waals surface area contributed by atoms with Gasteiger partial charge in [0, 0.05) is 17.4 Å². The molecule has 1 saturated carbocycles. The van der Waals surface area contributed by atoms with E-state index in [0.29, 0.717) is 24.1 Å². The van der Waals surface area contributed by atoms with Crippen molar-refractivity contribution in [3.8, 4) is 5.69 Å². The molecule has 1 fully saturated rings. The van der Waals surface area contributed by atoms with Crippen LogP contribution < -0.4 is 5.32 Å². The molecular formula is C28H25F4N3OS. The van der Waals surface area contributed by atoms with Crippen molar-refractivity contribution in [3.05, 3.63) is 87.1 Å². The van der Waals surface area contributed by atoms with Crippen LogP contribution in [0.2, 0.25) is 0 Å². The minimum absolute atomic E-state index is 0.157. The first kappa shape index (κ1) is 24.2. The maximum absolute atomic E-state index is 14.1. The Labute approximate surface area is 215 Å². The number of nitrogens with zero attached hydrogens (tertiary/aromatic N) is 2. The van der Waals surface area contributed by atoms with Crippen molar-refractivity contribution in [1.82, 2.24) is 15.1 Å². The summed E-state index contributed by atoms with van der Waals surface area (Å²) in [6.45, 7) is 2.10. The third-order valence-corrected chi connectivity index (χ3v) is 9.07. The van der Waals surface area contributed by atoms with E-state index in [0.717, 1.165) is 28.1 Å². The van der Waals surface area contributed by atoms with Crippen molar-refractivity contribution in [1.29, 1.82) is 0 Å². The number of aromatic nitrogens is 2. The standard InChI is InChI=1S/C28H25F4N3OS/c1-27-14-16-15-33-35(19-7-5-18(29)6-8-19)23(16)13-17(27)4-9-20-21(27)10-11-22(28(30,31)32)25(20)34-26(36)24-3-2-12-37-24/h2-3,5-8,10,12-13,15,20,22,25H,4,9,11,14H2,1H3,(H,34,36)/t20-,22+,25+,27-/m0/s1. The first-order valence-electron chi connectivity index (χ1n) is 12.3. The number of benzene rings is 1. The van der Waals surface area contributed by atoms with E-state index in [1.54, 1.807) is 46.6 Å². The number of nitrogens with one attached hydrogen (secondary N) is 1. The quantitative estimate of drug-likeness (QED) is 0.303. The van der Waals surface area contributed by atoms with Gasteiger partial charge in [0.1, 0.15) is 5.82 Å². The molecule has 37 heavy (non-hydrogen) atoms. The Morgan fingerprint density at radius 1 is 1.22 bits per heavy atom. The van der Waals surface area contributed by atoms with Crippen molar-refractivity contribution in [2.24, 2.45) is 17.3 Å². The van der Waals surface area contributed by atoms with Gasteiger partial charge in [-0.3, -0.25) is 4.79 Å². The number of carbonyl (C=O) groups is 1. The largest absolute Gasteiger partial charge is 0.394 e. The lowest BCUT2D eigenvalue weighted by Crippen LogP contribution is -2.55. The van der Waals surface area contributed by atoms with Crippen LogP contribution in [0.3, 0.4) is 0 Å². The summed E-state index contributed by atoms with van der Waals surface area (Å²) in [5, 5.41) is 9.07. The average Bonchev–Trinajstić information content (AvgIpc) is 3.53. The maximum Gasteiger partial charge on any atom is 0.394 e. The highest BCUT2D eigenvalue weighted by molar-refractivity contribution is 7.12. The van der Waals surface area contributed by atoms with Crippen LogP contribution in [0.25, 0.3) is 11.8 Å². The molecule has 0 aliphatic heterocycles. The fourth-order valence-electron chi connectivity index (χ4n) is 6.40. The van der Waals surface area contributed by atoms with Crippen LogP contribution in [0.5, 0.6) is 0 Å². The third-order valence-electron chi connectivity index (χ3n) is 8.20. The second-order valence-corrected chi connectivity index (χ2v) is 11.2. The topological polar surface area (TPSA) is 46.9 Å². The van der Waals surface area contributed by atoms with Gasteiger partial charge >= 0.3 is 6.18 Å². The zero-order valence-corrected chi connectivity index (χ0v) is 20.9. The van der Waals surface area contributed by atoms with Crippen molar-refractivity contribution < 1.29 is 22.4 Å². The molecule has 0 radical (unpaired) electrons. The number of carbonyl (C=O) groups excluding carboxylic acids is 1. The van der Waals surface area contributed by atoms with Crippen LogP contribution >= 0.6 is 11.3 Å². The highest BCUT2D eigenvalue weighted by atomic mass is 32.1. The number of allylic oxidation sites excluding steroid dienone is 2. The van der Waals surface area contributed by atoms with Gasteiger partial charge in [0.25, 0.3) is 5.91 Å². The Hall–Kier alpha value is -3.20. The van der Waals surface area contributed by atoms with Gasteiger partial charge in [-0.15, -0.1) is 11.3 Å². The smallest absolute Gasteiger partial charge is 0.347 e. The van der Waals surface area contributed by atoms with Crippen LogP contribution in [-0.2, 0) is 6.42 Å². The second kappa shape index (κ2) is 8.68. The molecule has 192 valence electrons. The van der Waals surface area contributed by atoms with E-state index in [9.17, 15) is 22.4 Å². The molecule has 3 aliphatic rings. The number of amides is 1. The summed E-state index contributed by atoms with van der Waals surface area (Å²) in [5.74, 6) is -2.80. The Balaban J connectivity index is 1.36. The molecule has 2 heterocycles. The fraction of sp³-hybridized carbons (Fsp3) is 0.357. The van der Waals surface area contributed by atoms with Crippen molar-refractivity contribution in [2.75, 3.05) is 0 Å². The van der Waals surface area contributed by atoms with E-state index in [1.807, 2.05) is 0 Å². The number of fused-ring (bicyclic) bond motifs is 4. The molecule has 0 saturated heterocycles. The lowest BCUT2D eigenvalue weighted by Gasteiger charge is -2.51. The molecule has 9 heteroatoms. The summed E-state index contributed by atoms with van der Waals surface area (Å²) in [7, 11) is 0. The lowest BCUT2D eigenvalue weighted by molar-refractivity contribution is -0.186. The monoisotopic (exact) mass is 527 g/mol. The summed E-state index contributed by atoms with van der Waals surface area (Å²) in [4.78, 5) is 13.3. The van der Waals surface area contributed by atoms with Crippen LogP contribution in [0.4, 0.5) is 17.6 Å². The minimum atomic E-state index is -4.41. The molecule has 0 bridgehead atoms. The number of rotatable bonds is 3. The van der Waals surface area contributed by atoms with E-state index in [4.69, 9.17) is 0 Å². The second-order valence-electron chi connectivity index (χ2n) is 10.3. The summed E-state index contributed by atoms with van der Waals surface area (Å²) in [6, 6.07) is 8.47. The Morgan fingerprint density at radius 3 is 2.70 bits per heavy atom. The highest BCUT2D eigenvalue weighted by Gasteiger charge is 2.54. The van der Waals surface area contributed by atoms with E-state index < -0.39 is 35.4 Å². The summed E-state index contributed by atoms with van der Waals surface area (Å²) in [6.07, 6.45) is 2.86. The number of alkyl halides is 3. The Morgan fingerprint density at radius 2 is 2.00 bits per heavy atom. The molecule has 0 unspecified atom stereocenters. The molecule has 1 aromatic carbocycles. The Bertz CT molecular complexity index is 1400. The molecular weight excluding hydrogens is 502 g/mol. The Kier molecular flexibility index (Phi) is 5.67. The van der Waals surface area contributed by atoms with Gasteiger partial charge in [-0.2, -0.15) is 18.3 Å². The molecule has 6 rings (SSSR count). The highest BCUT2D eigenvalue weighted by Crippen LogP contribution is 2.57. The van der Waals surface area contributed by atoms with Crippen LogP contribution in [0, 0.1) is 23.1 Å². The van der Waals surface area contributed by atoms with Gasteiger partial charge < -0.3 is 5.32 Å². The molecule has 3 aliphatic carbocycles.